The summed E-state index contributed by atoms with van der Waals surface area (Å²) in [5.41, 5.74) is 2.87. The molecule has 1 aliphatic heterocycles. The second-order valence-electron chi connectivity index (χ2n) is 6.09. The number of anilines is 1. The minimum absolute atomic E-state index is 0.139. The molecule has 2 heterocycles. The molecule has 4 N–H and O–H groups in total. The topological polar surface area (TPSA) is 101 Å². The predicted octanol–water partition coefficient (Wildman–Crippen LogP) is 3.39. The molecule has 0 fully saturated rings. The van der Waals surface area contributed by atoms with E-state index in [0.29, 0.717) is 28.2 Å². The Morgan fingerprint density at radius 2 is 1.96 bits per heavy atom. The summed E-state index contributed by atoms with van der Waals surface area (Å²) in [6.45, 7) is 0. The smallest absolute Gasteiger partial charge is 0.236 e. The van der Waals surface area contributed by atoms with Crippen LogP contribution in [0.25, 0.3) is 0 Å². The van der Waals surface area contributed by atoms with Gasteiger partial charge < -0.3 is 15.4 Å². The average molecular weight is 362 g/mol. The lowest BCUT2D eigenvalue weighted by Crippen LogP contribution is -2.28. The van der Waals surface area contributed by atoms with Crippen LogP contribution in [0.2, 0.25) is 0 Å². The molecule has 0 spiro atoms. The lowest BCUT2D eigenvalue weighted by atomic mass is 9.86. The van der Waals surface area contributed by atoms with Crippen LogP contribution in [0.1, 0.15) is 28.3 Å². The SMILES string of the molecule is N=CN=C1c2ccccc2NC(=O)C(c2ccc(O)cc2F)c2cc[nH]c21. The minimum Gasteiger partial charge on any atom is -0.508 e. The molecule has 2 aromatic carbocycles. The van der Waals surface area contributed by atoms with Gasteiger partial charge in [0.25, 0.3) is 0 Å². The fourth-order valence-electron chi connectivity index (χ4n) is 3.36. The Kier molecular flexibility index (Phi) is 4.04. The molecule has 7 heteroatoms. The van der Waals surface area contributed by atoms with Crippen LogP contribution in [0.3, 0.4) is 0 Å². The van der Waals surface area contributed by atoms with E-state index in [1.165, 1.54) is 12.1 Å². The molecule has 0 aliphatic carbocycles. The molecule has 1 aromatic heterocycles. The van der Waals surface area contributed by atoms with Gasteiger partial charge in [-0.25, -0.2) is 9.38 Å². The van der Waals surface area contributed by atoms with E-state index in [1.807, 2.05) is 6.07 Å². The maximum Gasteiger partial charge on any atom is 0.236 e. The van der Waals surface area contributed by atoms with Crippen molar-refractivity contribution in [3.63, 3.8) is 0 Å². The zero-order valence-corrected chi connectivity index (χ0v) is 14.0. The molecule has 1 aliphatic rings. The maximum absolute atomic E-state index is 14.6. The quantitative estimate of drug-likeness (QED) is 0.415. The average Bonchev–Trinajstić information content (AvgIpc) is 3.10. The molecule has 27 heavy (non-hydrogen) atoms. The van der Waals surface area contributed by atoms with Gasteiger partial charge in [0.2, 0.25) is 5.91 Å². The molecule has 1 unspecified atom stereocenters. The number of carbonyl (C=O) groups excluding carboxylic acids is 1. The number of amides is 1. The van der Waals surface area contributed by atoms with Crippen molar-refractivity contribution in [2.45, 2.75) is 5.92 Å². The van der Waals surface area contributed by atoms with Crippen LogP contribution in [0.4, 0.5) is 10.1 Å². The molecule has 0 radical (unpaired) electrons. The van der Waals surface area contributed by atoms with Gasteiger partial charge >= 0.3 is 0 Å². The van der Waals surface area contributed by atoms with Crippen molar-refractivity contribution in [1.82, 2.24) is 4.98 Å². The van der Waals surface area contributed by atoms with E-state index >= 15 is 0 Å². The van der Waals surface area contributed by atoms with Crippen molar-refractivity contribution in [2.24, 2.45) is 4.99 Å². The summed E-state index contributed by atoms with van der Waals surface area (Å²) in [7, 11) is 0. The van der Waals surface area contributed by atoms with Crippen molar-refractivity contribution >= 4 is 23.6 Å². The second kappa shape index (κ2) is 6.53. The van der Waals surface area contributed by atoms with Gasteiger partial charge in [-0.15, -0.1) is 0 Å². The molecule has 0 bridgehead atoms. The van der Waals surface area contributed by atoms with E-state index in [9.17, 15) is 14.3 Å². The van der Waals surface area contributed by atoms with Crippen LogP contribution in [0, 0.1) is 11.2 Å². The summed E-state index contributed by atoms with van der Waals surface area (Å²) in [5.74, 6) is -2.24. The molecular formula is C20H15FN4O2. The third kappa shape index (κ3) is 2.79. The zero-order valence-electron chi connectivity index (χ0n) is 14.0. The zero-order chi connectivity index (χ0) is 19.0. The number of hydrogen-bond donors (Lipinski definition) is 4. The van der Waals surface area contributed by atoms with Crippen molar-refractivity contribution in [3.05, 3.63) is 82.9 Å². The molecule has 6 nitrogen and oxygen atoms in total. The fourth-order valence-corrected chi connectivity index (χ4v) is 3.36. The number of nitrogens with zero attached hydrogens (tertiary/aromatic N) is 1. The van der Waals surface area contributed by atoms with E-state index < -0.39 is 17.6 Å². The van der Waals surface area contributed by atoms with Crippen molar-refractivity contribution in [2.75, 3.05) is 5.32 Å². The van der Waals surface area contributed by atoms with E-state index in [1.54, 1.807) is 30.5 Å². The second-order valence-corrected chi connectivity index (χ2v) is 6.09. The molecule has 1 atom stereocenters. The van der Waals surface area contributed by atoms with Gasteiger partial charge in [-0.2, -0.15) is 0 Å². The maximum atomic E-state index is 14.6. The van der Waals surface area contributed by atoms with E-state index in [4.69, 9.17) is 5.41 Å². The van der Waals surface area contributed by atoms with Crippen LogP contribution in [-0.4, -0.2) is 28.0 Å². The van der Waals surface area contributed by atoms with Crippen molar-refractivity contribution < 1.29 is 14.3 Å². The lowest BCUT2D eigenvalue weighted by molar-refractivity contribution is -0.116. The molecule has 3 aromatic rings. The number of H-pyrrole nitrogens is 1. The predicted molar refractivity (Wildman–Crippen MR) is 100 cm³/mol. The van der Waals surface area contributed by atoms with E-state index in [0.717, 1.165) is 12.4 Å². The van der Waals surface area contributed by atoms with Crippen molar-refractivity contribution in [1.29, 1.82) is 5.41 Å². The Morgan fingerprint density at radius 1 is 1.15 bits per heavy atom. The molecule has 0 saturated heterocycles. The Labute approximate surface area is 153 Å². The summed E-state index contributed by atoms with van der Waals surface area (Å²) in [4.78, 5) is 20.3. The van der Waals surface area contributed by atoms with Gasteiger partial charge in [0.1, 0.15) is 17.9 Å². The van der Waals surface area contributed by atoms with Gasteiger partial charge in [0, 0.05) is 23.4 Å². The first-order chi connectivity index (χ1) is 13.1. The Hall–Kier alpha value is -3.74. The highest BCUT2D eigenvalue weighted by Gasteiger charge is 2.33. The molecule has 134 valence electrons. The third-order valence-corrected chi connectivity index (χ3v) is 4.52. The molecule has 1 amide bonds. The number of hydrogen-bond acceptors (Lipinski definition) is 3. The van der Waals surface area contributed by atoms with Gasteiger partial charge in [-0.05, 0) is 23.8 Å². The summed E-state index contributed by atoms with van der Waals surface area (Å²) >= 11 is 0. The first-order valence-electron chi connectivity index (χ1n) is 8.23. The van der Waals surface area contributed by atoms with Crippen LogP contribution >= 0.6 is 0 Å². The number of benzene rings is 2. The van der Waals surface area contributed by atoms with Gasteiger partial charge in [-0.1, -0.05) is 24.3 Å². The number of fused-ring (bicyclic) bond motifs is 2. The first kappa shape index (κ1) is 16.7. The lowest BCUT2D eigenvalue weighted by Gasteiger charge is -2.24. The molecular weight excluding hydrogens is 347 g/mol. The monoisotopic (exact) mass is 362 g/mol. The number of phenols is 1. The Morgan fingerprint density at radius 3 is 2.74 bits per heavy atom. The number of nitrogens with one attached hydrogen (secondary N) is 3. The third-order valence-electron chi connectivity index (χ3n) is 4.52. The van der Waals surface area contributed by atoms with Gasteiger partial charge in [-0.3, -0.25) is 10.2 Å². The minimum atomic E-state index is -0.948. The highest BCUT2D eigenvalue weighted by atomic mass is 19.1. The first-order valence-corrected chi connectivity index (χ1v) is 8.23. The summed E-state index contributed by atoms with van der Waals surface area (Å²) in [5, 5.41) is 19.8. The number of aromatic hydroxyl groups is 1. The summed E-state index contributed by atoms with van der Waals surface area (Å²) in [6.07, 6.45) is 2.58. The van der Waals surface area contributed by atoms with Gasteiger partial charge in [0.05, 0.1) is 23.0 Å². The number of para-hydroxylation sites is 1. The van der Waals surface area contributed by atoms with Crippen LogP contribution in [0.5, 0.6) is 5.75 Å². The van der Waals surface area contributed by atoms with Crippen LogP contribution in [0.15, 0.2) is 59.7 Å². The number of aromatic amines is 1. The highest BCUT2D eigenvalue weighted by Crippen LogP contribution is 2.35. The number of carbonyl (C=O) groups is 1. The van der Waals surface area contributed by atoms with E-state index in [2.05, 4.69) is 15.3 Å². The number of aliphatic imine (C=N–C) groups is 1. The van der Waals surface area contributed by atoms with Gasteiger partial charge in [0.15, 0.2) is 0 Å². The number of rotatable bonds is 2. The number of aromatic nitrogens is 1. The van der Waals surface area contributed by atoms with E-state index in [-0.39, 0.29) is 11.3 Å². The fraction of sp³-hybridized carbons (Fsp3) is 0.0500. The largest absolute Gasteiger partial charge is 0.508 e. The Bertz CT molecular complexity index is 1090. The number of halogens is 1. The molecule has 4 rings (SSSR count). The standard InChI is InChI=1S/C20H15FN4O2/c21-15-9-11(26)5-6-12(15)17-14-7-8-23-19(14)18(24-10-22)13-3-1-2-4-16(13)25-20(17)27/h1-10,17,22-23,26H,(H,25,27). The Balaban J connectivity index is 1.99. The highest BCUT2D eigenvalue weighted by molar-refractivity contribution is 6.21. The normalized spacial score (nSPS) is 17.4. The van der Waals surface area contributed by atoms with Crippen molar-refractivity contribution in [3.8, 4) is 5.75 Å². The summed E-state index contributed by atoms with van der Waals surface area (Å²) in [6, 6.07) is 12.5. The van der Waals surface area contributed by atoms with Crippen LogP contribution < -0.4 is 5.32 Å². The summed E-state index contributed by atoms with van der Waals surface area (Å²) < 4.78 is 14.6. The molecule has 0 saturated carbocycles. The van der Waals surface area contributed by atoms with Crippen LogP contribution in [-0.2, 0) is 4.79 Å². The number of phenolic OH excluding ortho intramolecular Hbond substituents is 1.